The molecule has 0 radical (unpaired) electrons. The lowest BCUT2D eigenvalue weighted by molar-refractivity contribution is 0.285. The van der Waals surface area contributed by atoms with Crippen LogP contribution < -0.4 is 5.32 Å². The van der Waals surface area contributed by atoms with Crippen LogP contribution >= 0.6 is 11.8 Å². The van der Waals surface area contributed by atoms with Gasteiger partial charge < -0.3 is 5.32 Å². The summed E-state index contributed by atoms with van der Waals surface area (Å²) in [5.74, 6) is 0. The van der Waals surface area contributed by atoms with Gasteiger partial charge in [-0.05, 0) is 24.5 Å². The van der Waals surface area contributed by atoms with Crippen LogP contribution in [0.4, 0.5) is 0 Å². The second kappa shape index (κ2) is 4.70. The fourth-order valence-corrected chi connectivity index (χ4v) is 2.36. The molecule has 2 unspecified atom stereocenters. The van der Waals surface area contributed by atoms with Crippen molar-refractivity contribution >= 4 is 11.8 Å². The van der Waals surface area contributed by atoms with Gasteiger partial charge in [0.2, 0.25) is 0 Å². The minimum atomic E-state index is 0.526. The lowest BCUT2D eigenvalue weighted by atomic mass is 9.87. The van der Waals surface area contributed by atoms with Gasteiger partial charge in [-0.15, -0.1) is 0 Å². The van der Waals surface area contributed by atoms with Gasteiger partial charge in [0.1, 0.15) is 0 Å². The Labute approximate surface area is 87.1 Å². The first-order valence-electron chi connectivity index (χ1n) is 5.32. The van der Waals surface area contributed by atoms with E-state index in [1.807, 2.05) is 11.8 Å². The molecule has 1 aliphatic rings. The number of hydrogen-bond acceptors (Lipinski definition) is 2. The monoisotopic (exact) mass is 201 g/mol. The molecule has 0 bridgehead atoms. The summed E-state index contributed by atoms with van der Waals surface area (Å²) in [6.07, 6.45) is 6.34. The number of hydrogen-bond donors (Lipinski definition) is 1. The maximum absolute atomic E-state index is 3.70. The summed E-state index contributed by atoms with van der Waals surface area (Å²) in [6, 6.07) is 0.752. The van der Waals surface area contributed by atoms with Gasteiger partial charge in [-0.2, -0.15) is 11.8 Å². The van der Waals surface area contributed by atoms with Gasteiger partial charge in [0.15, 0.2) is 0 Å². The van der Waals surface area contributed by atoms with Crippen LogP contribution in [-0.2, 0) is 0 Å². The third-order valence-corrected chi connectivity index (χ3v) is 4.28. The second-order valence-electron chi connectivity index (χ2n) is 4.89. The first-order valence-corrected chi connectivity index (χ1v) is 6.61. The van der Waals surface area contributed by atoms with Crippen molar-refractivity contribution < 1.29 is 0 Å². The molecule has 0 aromatic rings. The van der Waals surface area contributed by atoms with Crippen LogP contribution in [0.2, 0.25) is 0 Å². The maximum Gasteiger partial charge on any atom is 0.0141 e. The lowest BCUT2D eigenvalue weighted by Crippen LogP contribution is -2.40. The molecular formula is C11H23NS. The fourth-order valence-electron chi connectivity index (χ4n) is 2.10. The molecule has 2 atom stereocenters. The van der Waals surface area contributed by atoms with E-state index in [2.05, 4.69) is 32.3 Å². The summed E-state index contributed by atoms with van der Waals surface area (Å²) in [4.78, 5) is 0. The van der Waals surface area contributed by atoms with Crippen molar-refractivity contribution in [3.8, 4) is 0 Å². The van der Waals surface area contributed by atoms with Crippen LogP contribution in [0.3, 0.4) is 0 Å². The highest BCUT2D eigenvalue weighted by atomic mass is 32.2. The van der Waals surface area contributed by atoms with Crippen LogP contribution in [-0.4, -0.2) is 24.1 Å². The summed E-state index contributed by atoms with van der Waals surface area (Å²) in [6.45, 7) is 8.23. The van der Waals surface area contributed by atoms with E-state index >= 15 is 0 Å². The van der Waals surface area contributed by atoms with Gasteiger partial charge in [-0.25, -0.2) is 0 Å². The zero-order valence-electron chi connectivity index (χ0n) is 9.39. The van der Waals surface area contributed by atoms with Gasteiger partial charge >= 0.3 is 0 Å². The molecule has 1 aliphatic carbocycles. The zero-order chi connectivity index (χ0) is 9.90. The standard InChI is InChI=1S/C11H23NS/c1-9(13-4)8-12-10-6-5-7-11(10,2)3/h9-10,12H,5-8H2,1-4H3. The molecule has 2 heteroatoms. The average Bonchev–Trinajstić information content (AvgIpc) is 2.41. The molecule has 0 aromatic heterocycles. The Hall–Kier alpha value is 0.310. The van der Waals surface area contributed by atoms with Crippen molar-refractivity contribution in [1.82, 2.24) is 5.32 Å². The van der Waals surface area contributed by atoms with Crippen LogP contribution in [0, 0.1) is 5.41 Å². The second-order valence-corrected chi connectivity index (χ2v) is 6.16. The molecule has 1 rings (SSSR count). The Balaban J connectivity index is 2.28. The molecule has 1 saturated carbocycles. The molecule has 1 nitrogen and oxygen atoms in total. The van der Waals surface area contributed by atoms with Crippen molar-refractivity contribution in [2.24, 2.45) is 5.41 Å². The minimum absolute atomic E-state index is 0.526. The van der Waals surface area contributed by atoms with Crippen molar-refractivity contribution in [1.29, 1.82) is 0 Å². The Morgan fingerprint density at radius 2 is 2.23 bits per heavy atom. The molecule has 78 valence electrons. The predicted octanol–water partition coefficient (Wildman–Crippen LogP) is 2.91. The maximum atomic E-state index is 3.70. The van der Waals surface area contributed by atoms with Crippen molar-refractivity contribution in [3.63, 3.8) is 0 Å². The van der Waals surface area contributed by atoms with E-state index in [4.69, 9.17) is 0 Å². The van der Waals surface area contributed by atoms with E-state index in [-0.39, 0.29) is 0 Å². The largest absolute Gasteiger partial charge is 0.312 e. The molecule has 0 heterocycles. The van der Waals surface area contributed by atoms with E-state index in [0.29, 0.717) is 5.41 Å². The Bertz CT molecular complexity index is 156. The highest BCUT2D eigenvalue weighted by Gasteiger charge is 2.33. The van der Waals surface area contributed by atoms with Crippen molar-refractivity contribution in [2.45, 2.75) is 51.3 Å². The Kier molecular flexibility index (Phi) is 4.11. The van der Waals surface area contributed by atoms with Crippen molar-refractivity contribution in [3.05, 3.63) is 0 Å². The quantitative estimate of drug-likeness (QED) is 0.750. The molecular weight excluding hydrogens is 178 g/mol. The molecule has 0 spiro atoms. The molecule has 0 saturated heterocycles. The average molecular weight is 201 g/mol. The highest BCUT2D eigenvalue weighted by molar-refractivity contribution is 7.99. The van der Waals surface area contributed by atoms with Gasteiger partial charge in [0.05, 0.1) is 0 Å². The van der Waals surface area contributed by atoms with E-state index in [0.717, 1.165) is 17.8 Å². The van der Waals surface area contributed by atoms with Gasteiger partial charge in [0.25, 0.3) is 0 Å². The van der Waals surface area contributed by atoms with Gasteiger partial charge in [-0.1, -0.05) is 27.2 Å². The SMILES string of the molecule is CSC(C)CNC1CCCC1(C)C. The van der Waals surface area contributed by atoms with Gasteiger partial charge in [-0.3, -0.25) is 0 Å². The van der Waals surface area contributed by atoms with E-state index < -0.39 is 0 Å². The number of nitrogens with one attached hydrogen (secondary N) is 1. The van der Waals surface area contributed by atoms with Crippen LogP contribution in [0.15, 0.2) is 0 Å². The molecule has 0 aliphatic heterocycles. The minimum Gasteiger partial charge on any atom is -0.312 e. The lowest BCUT2D eigenvalue weighted by Gasteiger charge is -2.28. The zero-order valence-corrected chi connectivity index (χ0v) is 10.2. The Morgan fingerprint density at radius 1 is 1.54 bits per heavy atom. The summed E-state index contributed by atoms with van der Waals surface area (Å²) in [7, 11) is 0. The third-order valence-electron chi connectivity index (χ3n) is 3.31. The topological polar surface area (TPSA) is 12.0 Å². The fraction of sp³-hybridized carbons (Fsp3) is 1.00. The predicted molar refractivity (Wildman–Crippen MR) is 62.4 cm³/mol. The van der Waals surface area contributed by atoms with Crippen LogP contribution in [0.25, 0.3) is 0 Å². The normalized spacial score (nSPS) is 29.1. The Morgan fingerprint density at radius 3 is 2.69 bits per heavy atom. The van der Waals surface area contributed by atoms with Gasteiger partial charge in [0, 0.05) is 17.8 Å². The van der Waals surface area contributed by atoms with Crippen molar-refractivity contribution in [2.75, 3.05) is 12.8 Å². The summed E-state index contributed by atoms with van der Waals surface area (Å²) in [5, 5.41) is 4.45. The van der Waals surface area contributed by atoms with Crippen LogP contribution in [0.1, 0.15) is 40.0 Å². The number of rotatable bonds is 4. The highest BCUT2D eigenvalue weighted by Crippen LogP contribution is 2.37. The first kappa shape index (κ1) is 11.4. The molecule has 1 N–H and O–H groups in total. The summed E-state index contributed by atoms with van der Waals surface area (Å²) in [5.41, 5.74) is 0.526. The summed E-state index contributed by atoms with van der Waals surface area (Å²) < 4.78 is 0. The molecule has 13 heavy (non-hydrogen) atoms. The number of thioether (sulfide) groups is 1. The van der Waals surface area contributed by atoms with E-state index in [9.17, 15) is 0 Å². The van der Waals surface area contributed by atoms with E-state index in [1.165, 1.54) is 19.3 Å². The first-order chi connectivity index (χ1) is 6.06. The van der Waals surface area contributed by atoms with Crippen LogP contribution in [0.5, 0.6) is 0 Å². The molecule has 0 aromatic carbocycles. The smallest absolute Gasteiger partial charge is 0.0141 e. The molecule has 0 amide bonds. The summed E-state index contributed by atoms with van der Waals surface area (Å²) >= 11 is 1.95. The molecule has 1 fully saturated rings. The van der Waals surface area contributed by atoms with E-state index in [1.54, 1.807) is 0 Å². The third kappa shape index (κ3) is 3.17.